The Balaban J connectivity index is 0.000000607. The van der Waals surface area contributed by atoms with Gasteiger partial charge < -0.3 is 34.5 Å². The van der Waals surface area contributed by atoms with E-state index in [1.165, 1.54) is 8.92 Å². The number of para-hydroxylation sites is 1. The summed E-state index contributed by atoms with van der Waals surface area (Å²) >= 11 is 0.933. The Kier molecular flexibility index (Phi) is 12.4. The fourth-order valence-electron chi connectivity index (χ4n) is 1.41. The fraction of sp³-hybridized carbons (Fsp3) is 0.143. The van der Waals surface area contributed by atoms with E-state index in [2.05, 4.69) is 24.3 Å². The van der Waals surface area contributed by atoms with E-state index in [-0.39, 0.29) is 0 Å². The zero-order chi connectivity index (χ0) is 21.8. The van der Waals surface area contributed by atoms with Gasteiger partial charge in [0.2, 0.25) is 0 Å². The van der Waals surface area contributed by atoms with Crippen LogP contribution in [0, 0.1) is 0 Å². The molecule has 2 rings (SSSR count). The van der Waals surface area contributed by atoms with Crippen molar-refractivity contribution >= 4 is 49.7 Å². The number of ether oxygens (including phenoxy) is 2. The molecule has 14 heteroatoms. The average molecular weight is 546 g/mol. The van der Waals surface area contributed by atoms with Gasteiger partial charge in [-0.25, -0.2) is 0 Å². The summed E-state index contributed by atoms with van der Waals surface area (Å²) in [7, 11) is -8.58. The Hall–Kier alpha value is -1.35. The summed E-state index contributed by atoms with van der Waals surface area (Å²) in [5, 5.41) is 0. The molecule has 0 aromatic heterocycles. The molecule has 0 aliphatic heterocycles. The average Bonchev–Trinajstić information content (AvgIpc) is 2.58. The van der Waals surface area contributed by atoms with Crippen LogP contribution < -0.4 is 18.4 Å². The van der Waals surface area contributed by atoms with Gasteiger partial charge in [-0.05, 0) is 0 Å². The summed E-state index contributed by atoms with van der Waals surface area (Å²) in [4.78, 5) is 0. The van der Waals surface area contributed by atoms with Crippen molar-refractivity contribution in [1.29, 1.82) is 0 Å². The Labute approximate surface area is 168 Å². The van der Waals surface area contributed by atoms with E-state index in [0.29, 0.717) is 26.3 Å². The van der Waals surface area contributed by atoms with E-state index >= 15 is 0 Å². The number of hydrogen-bond acceptors (Lipinski definition) is 2. The molecule has 2 nitrogen and oxygen atoms in total. The van der Waals surface area contributed by atoms with E-state index in [1.807, 2.05) is 24.3 Å². The van der Waals surface area contributed by atoms with E-state index < -0.39 is 14.5 Å². The molecule has 0 aliphatic rings. The topological polar surface area (TPSA) is 18.5 Å². The van der Waals surface area contributed by atoms with Crippen molar-refractivity contribution in [3.05, 3.63) is 48.5 Å². The van der Waals surface area contributed by atoms with E-state index in [0.717, 1.165) is 11.5 Å². The van der Waals surface area contributed by atoms with Crippen LogP contribution >= 0.6 is 0 Å². The Morgan fingerprint density at radius 2 is 1.11 bits per heavy atom. The zero-order valence-electron chi connectivity index (χ0n) is 14.4. The first kappa shape index (κ1) is 26.6. The third-order valence-corrected chi connectivity index (χ3v) is 9.55. The monoisotopic (exact) mass is 548 g/mol. The second kappa shape index (κ2) is 13.0. The number of benzene rings is 2. The maximum Gasteiger partial charge on any atom is 0.673 e. The van der Waals surface area contributed by atoms with Gasteiger partial charge in [-0.1, -0.05) is 0 Å². The minimum absolute atomic E-state index is 0.453. The molecule has 2 aromatic carbocycles. The van der Waals surface area contributed by atoms with Crippen LogP contribution in [0.5, 0.6) is 11.5 Å². The predicted molar refractivity (Wildman–Crippen MR) is 97.1 cm³/mol. The molecular formula is C14H14B2F8O2Se2-2. The molecule has 28 heavy (non-hydrogen) atoms. The van der Waals surface area contributed by atoms with Crippen molar-refractivity contribution in [1.82, 2.24) is 0 Å². The number of hydrogen-bond donors (Lipinski definition) is 0. The standard InChI is InChI=1S/C14H14O2Se2.2BF4/c1-15-11-7-9-12(10-8-11)17-18-14-6-4-3-5-13(14)16-2;2*2-1(3,4)5/h3-10H,1-2H3;;/q;2*-1. The smallest absolute Gasteiger partial charge is 0.418 e. The summed E-state index contributed by atoms with van der Waals surface area (Å²) < 4.78 is 91.3. The van der Waals surface area contributed by atoms with Crippen molar-refractivity contribution in [2.24, 2.45) is 0 Å². The normalized spacial score (nSPS) is 10.8. The molecular weight excluding hydrogens is 532 g/mol. The number of rotatable bonds is 5. The summed E-state index contributed by atoms with van der Waals surface area (Å²) in [5.41, 5.74) is 0. The molecule has 0 N–H and O–H groups in total. The molecule has 0 saturated carbocycles. The van der Waals surface area contributed by atoms with Gasteiger partial charge in [-0.15, -0.1) is 0 Å². The quantitative estimate of drug-likeness (QED) is 0.423. The second-order valence-electron chi connectivity index (χ2n) is 4.48. The Bertz CT molecular complexity index is 660. The zero-order valence-corrected chi connectivity index (χ0v) is 17.9. The van der Waals surface area contributed by atoms with Crippen molar-refractivity contribution in [3.8, 4) is 11.5 Å². The number of halogens is 8. The molecule has 0 atom stereocenters. The maximum absolute atomic E-state index is 9.75. The van der Waals surface area contributed by atoms with Crippen LogP contribution in [0.25, 0.3) is 0 Å². The largest absolute Gasteiger partial charge is 0.673 e. The van der Waals surface area contributed by atoms with Gasteiger partial charge in [-0.2, -0.15) is 0 Å². The molecule has 0 amide bonds. The van der Waals surface area contributed by atoms with Gasteiger partial charge in [0.15, 0.2) is 0 Å². The molecule has 0 fully saturated rings. The third-order valence-electron chi connectivity index (χ3n) is 2.36. The number of methoxy groups -OCH3 is 2. The third kappa shape index (κ3) is 16.8. The molecule has 0 radical (unpaired) electrons. The molecule has 0 unspecified atom stereocenters. The van der Waals surface area contributed by atoms with Crippen LogP contribution in [0.2, 0.25) is 0 Å². The van der Waals surface area contributed by atoms with E-state index in [4.69, 9.17) is 9.47 Å². The summed E-state index contributed by atoms with van der Waals surface area (Å²) in [6.45, 7) is 0. The minimum Gasteiger partial charge on any atom is -0.418 e. The van der Waals surface area contributed by atoms with Crippen LogP contribution in [0.3, 0.4) is 0 Å². The molecule has 0 saturated heterocycles. The van der Waals surface area contributed by atoms with Crippen molar-refractivity contribution in [3.63, 3.8) is 0 Å². The van der Waals surface area contributed by atoms with Crippen LogP contribution in [-0.4, -0.2) is 55.0 Å². The van der Waals surface area contributed by atoms with E-state index in [9.17, 15) is 34.5 Å². The minimum atomic E-state index is -6.00. The molecule has 158 valence electrons. The van der Waals surface area contributed by atoms with Crippen molar-refractivity contribution < 1.29 is 44.0 Å². The molecule has 0 heterocycles. The fourth-order valence-corrected chi connectivity index (χ4v) is 7.83. The predicted octanol–water partition coefficient (Wildman–Crippen LogP) is 3.58. The van der Waals surface area contributed by atoms with Gasteiger partial charge in [-0.3, -0.25) is 0 Å². The van der Waals surface area contributed by atoms with Gasteiger partial charge in [0, 0.05) is 0 Å². The van der Waals surface area contributed by atoms with Gasteiger partial charge in [0.05, 0.1) is 0 Å². The summed E-state index contributed by atoms with van der Waals surface area (Å²) in [5.74, 6) is 1.92. The molecule has 2 aromatic rings. The van der Waals surface area contributed by atoms with E-state index in [1.54, 1.807) is 14.2 Å². The van der Waals surface area contributed by atoms with Crippen LogP contribution in [0.1, 0.15) is 0 Å². The molecule has 0 bridgehead atoms. The molecule has 0 spiro atoms. The maximum atomic E-state index is 9.75. The second-order valence-corrected chi connectivity index (χ2v) is 10.7. The van der Waals surface area contributed by atoms with Crippen molar-refractivity contribution in [2.45, 2.75) is 0 Å². The van der Waals surface area contributed by atoms with Crippen molar-refractivity contribution in [2.75, 3.05) is 14.2 Å². The SMILES string of the molecule is COc1ccc([Se][Se]c2ccccc2OC)cc1.F[B-](F)(F)F.F[B-](F)(F)F. The Morgan fingerprint density at radius 3 is 1.54 bits per heavy atom. The van der Waals surface area contributed by atoms with Crippen LogP contribution in [-0.2, 0) is 0 Å². The van der Waals surface area contributed by atoms with Gasteiger partial charge in [0.25, 0.3) is 0 Å². The van der Waals surface area contributed by atoms with Crippen LogP contribution in [0.15, 0.2) is 48.5 Å². The summed E-state index contributed by atoms with van der Waals surface area (Å²) in [6.07, 6.45) is 0. The summed E-state index contributed by atoms with van der Waals surface area (Å²) in [6, 6.07) is 16.6. The van der Waals surface area contributed by atoms with Gasteiger partial charge >= 0.3 is 133 Å². The Morgan fingerprint density at radius 1 is 0.643 bits per heavy atom. The molecule has 0 aliphatic carbocycles. The first-order valence-corrected chi connectivity index (χ1v) is 13.2. The van der Waals surface area contributed by atoms with Gasteiger partial charge in [0.1, 0.15) is 0 Å². The first-order chi connectivity index (χ1) is 12.8. The first-order valence-electron chi connectivity index (χ1n) is 7.19. The van der Waals surface area contributed by atoms with Crippen LogP contribution in [0.4, 0.5) is 34.5 Å².